The van der Waals surface area contributed by atoms with Gasteiger partial charge in [-0.15, -0.1) is 0 Å². The van der Waals surface area contributed by atoms with Gasteiger partial charge < -0.3 is 9.80 Å². The number of sulfonamides is 1. The zero-order valence-corrected chi connectivity index (χ0v) is 19.9. The molecule has 4 heterocycles. The van der Waals surface area contributed by atoms with Gasteiger partial charge in [0.15, 0.2) is 5.03 Å². The van der Waals surface area contributed by atoms with Crippen molar-refractivity contribution in [2.24, 2.45) is 11.8 Å². The highest BCUT2D eigenvalue weighted by Crippen LogP contribution is 2.38. The van der Waals surface area contributed by atoms with Crippen LogP contribution in [-0.2, 0) is 10.0 Å². The third-order valence-electron chi connectivity index (χ3n) is 6.93. The zero-order chi connectivity index (χ0) is 23.1. The van der Waals surface area contributed by atoms with Crippen molar-refractivity contribution in [1.29, 1.82) is 0 Å². The van der Waals surface area contributed by atoms with Crippen molar-refractivity contribution < 1.29 is 13.2 Å². The minimum absolute atomic E-state index is 0.163. The van der Waals surface area contributed by atoms with Crippen molar-refractivity contribution in [3.05, 3.63) is 42.1 Å². The Labute approximate surface area is 190 Å². The maximum atomic E-state index is 13.1. The van der Waals surface area contributed by atoms with Crippen LogP contribution in [0.3, 0.4) is 0 Å². The van der Waals surface area contributed by atoms with Gasteiger partial charge in [-0.3, -0.25) is 4.79 Å². The van der Waals surface area contributed by atoms with E-state index in [0.717, 1.165) is 32.5 Å². The molecule has 0 aliphatic carbocycles. The molecule has 9 heteroatoms. The van der Waals surface area contributed by atoms with Crippen molar-refractivity contribution in [2.45, 2.75) is 51.1 Å². The van der Waals surface area contributed by atoms with Crippen molar-refractivity contribution in [1.82, 2.24) is 14.7 Å². The second-order valence-electron chi connectivity index (χ2n) is 9.48. The molecule has 32 heavy (non-hydrogen) atoms. The van der Waals surface area contributed by atoms with Gasteiger partial charge in [0.05, 0.1) is 5.56 Å². The molecule has 0 bridgehead atoms. The summed E-state index contributed by atoms with van der Waals surface area (Å²) in [6.45, 7) is 11.0. The third-order valence-corrected chi connectivity index (χ3v) is 8.17. The molecule has 2 aromatic heterocycles. The van der Waals surface area contributed by atoms with Crippen LogP contribution in [0.25, 0.3) is 0 Å². The lowest BCUT2D eigenvalue weighted by molar-refractivity contribution is 0.0981. The zero-order valence-electron chi connectivity index (χ0n) is 19.1. The molecule has 2 aliphatic heterocycles. The van der Waals surface area contributed by atoms with Gasteiger partial charge in [0.1, 0.15) is 11.6 Å². The van der Waals surface area contributed by atoms with Crippen molar-refractivity contribution >= 4 is 27.6 Å². The molecule has 2 fully saturated rings. The first-order chi connectivity index (χ1) is 15.1. The van der Waals surface area contributed by atoms with E-state index in [4.69, 9.17) is 0 Å². The van der Waals surface area contributed by atoms with Crippen LogP contribution in [0.4, 0.5) is 11.6 Å². The number of pyridine rings is 2. The Balaban J connectivity index is 1.59. The van der Waals surface area contributed by atoms with Crippen LogP contribution in [-0.4, -0.2) is 49.5 Å². The molecule has 0 saturated carbocycles. The van der Waals surface area contributed by atoms with Crippen LogP contribution in [0.1, 0.15) is 50.9 Å². The number of carbonyl (C=O) groups is 1. The Kier molecular flexibility index (Phi) is 5.87. The van der Waals surface area contributed by atoms with E-state index in [-0.39, 0.29) is 16.1 Å². The van der Waals surface area contributed by atoms with Crippen LogP contribution < -0.4 is 14.5 Å². The largest absolute Gasteiger partial charge is 0.356 e. The number of amides is 1. The average Bonchev–Trinajstić information content (AvgIpc) is 3.30. The number of nitrogens with one attached hydrogen (secondary N) is 1. The van der Waals surface area contributed by atoms with Gasteiger partial charge in [0, 0.05) is 31.4 Å². The fourth-order valence-electron chi connectivity index (χ4n) is 4.50. The van der Waals surface area contributed by atoms with E-state index < -0.39 is 15.9 Å². The topological polar surface area (TPSA) is 95.5 Å². The van der Waals surface area contributed by atoms with Gasteiger partial charge >= 0.3 is 0 Å². The van der Waals surface area contributed by atoms with Gasteiger partial charge in [-0.25, -0.2) is 14.7 Å². The molecule has 2 unspecified atom stereocenters. The summed E-state index contributed by atoms with van der Waals surface area (Å²) in [5.41, 5.74) is 0.0492. The molecule has 2 aliphatic rings. The van der Waals surface area contributed by atoms with Crippen LogP contribution >= 0.6 is 0 Å². The number of carbonyl (C=O) groups excluding carboxylic acids is 1. The molecular weight excluding hydrogens is 426 g/mol. The van der Waals surface area contributed by atoms with Gasteiger partial charge in [0.25, 0.3) is 15.9 Å². The van der Waals surface area contributed by atoms with Crippen LogP contribution in [0.5, 0.6) is 0 Å². The fourth-order valence-corrected chi connectivity index (χ4v) is 5.43. The number of hydrogen-bond acceptors (Lipinski definition) is 7. The minimum atomic E-state index is -4.14. The highest BCUT2D eigenvalue weighted by Gasteiger charge is 2.40. The molecule has 2 saturated heterocycles. The highest BCUT2D eigenvalue weighted by atomic mass is 32.2. The minimum Gasteiger partial charge on any atom is -0.356 e. The Morgan fingerprint density at radius 2 is 1.91 bits per heavy atom. The van der Waals surface area contributed by atoms with E-state index in [0.29, 0.717) is 23.5 Å². The predicted molar refractivity (Wildman–Crippen MR) is 124 cm³/mol. The van der Waals surface area contributed by atoms with E-state index in [2.05, 4.69) is 52.2 Å². The third kappa shape index (κ3) is 4.18. The molecule has 1 N–H and O–H groups in total. The Hall–Kier alpha value is -2.68. The Morgan fingerprint density at radius 1 is 1.12 bits per heavy atom. The summed E-state index contributed by atoms with van der Waals surface area (Å²) in [4.78, 5) is 26.0. The van der Waals surface area contributed by atoms with E-state index in [1.807, 2.05) is 0 Å². The monoisotopic (exact) mass is 457 g/mol. The Morgan fingerprint density at radius 3 is 2.56 bits per heavy atom. The van der Waals surface area contributed by atoms with Crippen LogP contribution in [0, 0.1) is 11.8 Å². The highest BCUT2D eigenvalue weighted by molar-refractivity contribution is 7.90. The van der Waals surface area contributed by atoms with Gasteiger partial charge in [0.2, 0.25) is 0 Å². The average molecular weight is 458 g/mol. The molecule has 2 atom stereocenters. The molecule has 0 spiro atoms. The summed E-state index contributed by atoms with van der Waals surface area (Å²) in [5.74, 6) is 1.37. The lowest BCUT2D eigenvalue weighted by Gasteiger charge is -2.36. The first-order valence-corrected chi connectivity index (χ1v) is 12.6. The van der Waals surface area contributed by atoms with E-state index >= 15 is 0 Å². The first-order valence-electron chi connectivity index (χ1n) is 11.1. The second-order valence-corrected chi connectivity index (χ2v) is 11.1. The molecule has 4 rings (SSSR count). The molecule has 0 radical (unpaired) electrons. The maximum absolute atomic E-state index is 13.1. The smallest absolute Gasteiger partial charge is 0.281 e. The van der Waals surface area contributed by atoms with E-state index in [1.54, 1.807) is 30.5 Å². The SMILES string of the molecule is CC1CCN(c2cccc(S(=O)(=O)NC(=O)c3cccnc3N3CCC(C)C3(C)C)n2)C1. The summed E-state index contributed by atoms with van der Waals surface area (Å²) in [7, 11) is -4.14. The van der Waals surface area contributed by atoms with Gasteiger partial charge in [-0.05, 0) is 62.8 Å². The van der Waals surface area contributed by atoms with E-state index in [1.165, 1.54) is 6.07 Å². The second kappa shape index (κ2) is 8.35. The number of aromatic nitrogens is 2. The molecule has 8 nitrogen and oxygen atoms in total. The van der Waals surface area contributed by atoms with Gasteiger partial charge in [-0.1, -0.05) is 19.9 Å². The summed E-state index contributed by atoms with van der Waals surface area (Å²) < 4.78 is 28.2. The normalized spacial score (nSPS) is 22.9. The summed E-state index contributed by atoms with van der Waals surface area (Å²) in [6.07, 6.45) is 3.65. The number of nitrogens with zero attached hydrogens (tertiary/aromatic N) is 4. The fraction of sp³-hybridized carbons (Fsp3) is 0.522. The quantitative estimate of drug-likeness (QED) is 0.737. The van der Waals surface area contributed by atoms with E-state index in [9.17, 15) is 13.2 Å². The van der Waals surface area contributed by atoms with Crippen molar-refractivity contribution in [3.8, 4) is 0 Å². The number of hydrogen-bond donors (Lipinski definition) is 1. The molecule has 2 aromatic rings. The lowest BCUT2D eigenvalue weighted by atomic mass is 9.90. The summed E-state index contributed by atoms with van der Waals surface area (Å²) >= 11 is 0. The van der Waals surface area contributed by atoms with Crippen LogP contribution in [0.2, 0.25) is 0 Å². The molecular formula is C23H31N5O3S. The lowest BCUT2D eigenvalue weighted by Crippen LogP contribution is -2.43. The molecule has 1 amide bonds. The van der Waals surface area contributed by atoms with Gasteiger partial charge in [-0.2, -0.15) is 8.42 Å². The van der Waals surface area contributed by atoms with Crippen molar-refractivity contribution in [2.75, 3.05) is 29.4 Å². The molecule has 172 valence electrons. The predicted octanol–water partition coefficient (Wildman–Crippen LogP) is 3.07. The standard InChI is InChI=1S/C23H31N5O3S/c1-16-10-13-27(15-16)19-8-5-9-20(25-19)32(30,31)26-22(29)18-7-6-12-24-21(18)28-14-11-17(2)23(28,3)4/h5-9,12,16-17H,10-11,13-15H2,1-4H3,(H,26,29). The summed E-state index contributed by atoms with van der Waals surface area (Å²) in [5, 5.41) is -0.163. The van der Waals surface area contributed by atoms with Crippen molar-refractivity contribution in [3.63, 3.8) is 0 Å². The number of rotatable bonds is 5. The maximum Gasteiger partial charge on any atom is 0.281 e. The molecule has 0 aromatic carbocycles. The Bertz CT molecular complexity index is 1120. The van der Waals surface area contributed by atoms with Crippen LogP contribution in [0.15, 0.2) is 41.6 Å². The number of anilines is 2. The first kappa shape index (κ1) is 22.5. The summed E-state index contributed by atoms with van der Waals surface area (Å²) in [6, 6.07) is 8.13.